The Morgan fingerprint density at radius 2 is 1.63 bits per heavy atom. The normalized spacial score (nSPS) is 15.3. The molecule has 0 saturated heterocycles. The zero-order valence-corrected chi connectivity index (χ0v) is 14.5. The van der Waals surface area contributed by atoms with Crippen molar-refractivity contribution in [3.63, 3.8) is 0 Å². The van der Waals surface area contributed by atoms with Crippen LogP contribution in [-0.4, -0.2) is 28.8 Å². The van der Waals surface area contributed by atoms with Crippen molar-refractivity contribution in [2.75, 3.05) is 0 Å². The van der Waals surface area contributed by atoms with E-state index >= 15 is 0 Å². The van der Waals surface area contributed by atoms with Crippen molar-refractivity contribution >= 4 is 23.5 Å². The highest BCUT2D eigenvalue weighted by Gasteiger charge is 2.38. The number of benzene rings is 1. The number of allylic oxidation sites excluding steroid dienone is 3. The van der Waals surface area contributed by atoms with Gasteiger partial charge in [-0.1, -0.05) is 55.6 Å². The molecule has 0 fully saturated rings. The van der Waals surface area contributed by atoms with Crippen LogP contribution in [0.25, 0.3) is 5.57 Å². The first-order chi connectivity index (χ1) is 12.9. The van der Waals surface area contributed by atoms with E-state index in [4.69, 9.17) is 14.6 Å². The smallest absolute Gasteiger partial charge is 0.333 e. The van der Waals surface area contributed by atoms with E-state index in [1.165, 1.54) is 12.2 Å². The van der Waals surface area contributed by atoms with Gasteiger partial charge >= 0.3 is 17.9 Å². The number of carbonyl (C=O) groups excluding carboxylic acids is 2. The molecule has 1 aromatic rings. The molecular formula is C21H18O6. The second kappa shape index (κ2) is 8.62. The highest BCUT2D eigenvalue weighted by molar-refractivity contribution is 5.87. The molecule has 0 heterocycles. The van der Waals surface area contributed by atoms with Crippen molar-refractivity contribution < 1.29 is 29.0 Å². The van der Waals surface area contributed by atoms with Gasteiger partial charge in [-0.2, -0.15) is 0 Å². The minimum absolute atomic E-state index is 0.0728. The molecule has 0 aliphatic heterocycles. The van der Waals surface area contributed by atoms with Crippen molar-refractivity contribution in [1.82, 2.24) is 0 Å². The van der Waals surface area contributed by atoms with Gasteiger partial charge in [0.2, 0.25) is 0 Å². The summed E-state index contributed by atoms with van der Waals surface area (Å²) in [6, 6.07) is 9.24. The standard InChI is InChI=1S/C21H18O6/c1-3-19(24)26-21(27-20(25)4-2)13-12-17(15-8-6-5-7-9-15)16(14-21)10-11-18(22)23/h3-13H,1-2,14H2,(H,22,23). The summed E-state index contributed by atoms with van der Waals surface area (Å²) < 4.78 is 10.5. The van der Waals surface area contributed by atoms with Crippen molar-refractivity contribution in [2.24, 2.45) is 0 Å². The number of carboxylic acid groups (broad SMARTS) is 1. The second-order valence-corrected chi connectivity index (χ2v) is 5.55. The van der Waals surface area contributed by atoms with E-state index < -0.39 is 23.7 Å². The quantitative estimate of drug-likeness (QED) is 0.453. The number of carbonyl (C=O) groups is 3. The molecule has 2 rings (SSSR count). The SMILES string of the molecule is C=CC(=O)OC1(OC(=O)C=C)C=CC(c2ccccc2)=C(C=CC(=O)O)C1. The van der Waals surface area contributed by atoms with Crippen LogP contribution >= 0.6 is 0 Å². The minimum atomic E-state index is -1.73. The van der Waals surface area contributed by atoms with Gasteiger partial charge in [0.25, 0.3) is 5.79 Å². The summed E-state index contributed by atoms with van der Waals surface area (Å²) in [5.41, 5.74) is 2.06. The summed E-state index contributed by atoms with van der Waals surface area (Å²) in [6.07, 6.45) is 7.22. The predicted octanol–water partition coefficient (Wildman–Crippen LogP) is 3.20. The molecule has 0 aromatic heterocycles. The van der Waals surface area contributed by atoms with Crippen LogP contribution in [-0.2, 0) is 23.9 Å². The summed E-state index contributed by atoms with van der Waals surface area (Å²) in [5.74, 6) is -4.45. The molecule has 138 valence electrons. The molecule has 0 radical (unpaired) electrons. The Labute approximate surface area is 156 Å². The van der Waals surface area contributed by atoms with E-state index in [2.05, 4.69) is 13.2 Å². The van der Waals surface area contributed by atoms with Gasteiger partial charge in [0, 0.05) is 24.3 Å². The molecule has 6 nitrogen and oxygen atoms in total. The fraction of sp³-hybridized carbons (Fsp3) is 0.0952. The van der Waals surface area contributed by atoms with Crippen LogP contribution in [0.5, 0.6) is 0 Å². The number of esters is 2. The average Bonchev–Trinajstić information content (AvgIpc) is 2.66. The molecule has 1 aliphatic rings. The maximum atomic E-state index is 11.8. The lowest BCUT2D eigenvalue weighted by Crippen LogP contribution is -2.39. The summed E-state index contributed by atoms with van der Waals surface area (Å²) >= 11 is 0. The van der Waals surface area contributed by atoms with E-state index in [9.17, 15) is 14.4 Å². The van der Waals surface area contributed by atoms with Gasteiger partial charge in [0.15, 0.2) is 0 Å². The van der Waals surface area contributed by atoms with Gasteiger partial charge in [0.05, 0.1) is 6.42 Å². The average molecular weight is 366 g/mol. The number of aliphatic carboxylic acids is 1. The molecule has 0 spiro atoms. The van der Waals surface area contributed by atoms with Crippen molar-refractivity contribution in [2.45, 2.75) is 12.2 Å². The van der Waals surface area contributed by atoms with E-state index in [1.807, 2.05) is 30.3 Å². The summed E-state index contributed by atoms with van der Waals surface area (Å²) in [6.45, 7) is 6.67. The van der Waals surface area contributed by atoms with Crippen molar-refractivity contribution in [3.8, 4) is 0 Å². The fourth-order valence-corrected chi connectivity index (χ4v) is 2.54. The lowest BCUT2D eigenvalue weighted by molar-refractivity contribution is -0.204. The van der Waals surface area contributed by atoms with Gasteiger partial charge in [-0.15, -0.1) is 0 Å². The zero-order valence-electron chi connectivity index (χ0n) is 14.5. The number of carboxylic acids is 1. The van der Waals surface area contributed by atoms with Crippen LogP contribution in [0.4, 0.5) is 0 Å². The highest BCUT2D eigenvalue weighted by Crippen LogP contribution is 2.36. The number of ether oxygens (including phenoxy) is 2. The third-order valence-corrected chi connectivity index (χ3v) is 3.68. The summed E-state index contributed by atoms with van der Waals surface area (Å²) in [7, 11) is 0. The van der Waals surface area contributed by atoms with E-state index in [1.54, 1.807) is 6.08 Å². The van der Waals surface area contributed by atoms with Crippen molar-refractivity contribution in [1.29, 1.82) is 0 Å². The Morgan fingerprint density at radius 1 is 1.04 bits per heavy atom. The van der Waals surface area contributed by atoms with Gasteiger partial charge < -0.3 is 14.6 Å². The molecule has 1 aliphatic carbocycles. The molecule has 6 heteroatoms. The summed E-state index contributed by atoms with van der Waals surface area (Å²) in [4.78, 5) is 34.5. The molecule has 1 N–H and O–H groups in total. The van der Waals surface area contributed by atoms with Crippen LogP contribution in [0.3, 0.4) is 0 Å². The first-order valence-corrected chi connectivity index (χ1v) is 7.99. The lowest BCUT2D eigenvalue weighted by atomic mass is 9.88. The molecule has 0 saturated carbocycles. The van der Waals surface area contributed by atoms with E-state index in [0.717, 1.165) is 23.8 Å². The molecule has 27 heavy (non-hydrogen) atoms. The molecule has 0 atom stereocenters. The predicted molar refractivity (Wildman–Crippen MR) is 99.2 cm³/mol. The number of hydrogen-bond donors (Lipinski definition) is 1. The maximum Gasteiger partial charge on any atom is 0.333 e. The monoisotopic (exact) mass is 366 g/mol. The molecule has 0 amide bonds. The van der Waals surface area contributed by atoms with E-state index in [0.29, 0.717) is 11.1 Å². The van der Waals surface area contributed by atoms with Gasteiger partial charge in [-0.05, 0) is 16.7 Å². The van der Waals surface area contributed by atoms with Crippen LogP contribution in [0.15, 0.2) is 85.5 Å². The van der Waals surface area contributed by atoms with Crippen LogP contribution in [0.2, 0.25) is 0 Å². The van der Waals surface area contributed by atoms with Gasteiger partial charge in [-0.25, -0.2) is 14.4 Å². The Balaban J connectivity index is 2.51. The van der Waals surface area contributed by atoms with Crippen molar-refractivity contribution in [3.05, 3.63) is 91.1 Å². The largest absolute Gasteiger partial charge is 0.478 e. The molecule has 0 bridgehead atoms. The highest BCUT2D eigenvalue weighted by atomic mass is 16.7. The molecule has 1 aromatic carbocycles. The van der Waals surface area contributed by atoms with Crippen LogP contribution < -0.4 is 0 Å². The van der Waals surface area contributed by atoms with E-state index in [-0.39, 0.29) is 6.42 Å². The maximum absolute atomic E-state index is 11.8. The molecule has 0 unspecified atom stereocenters. The second-order valence-electron chi connectivity index (χ2n) is 5.55. The minimum Gasteiger partial charge on any atom is -0.478 e. The number of hydrogen-bond acceptors (Lipinski definition) is 5. The molecular weight excluding hydrogens is 348 g/mol. The Bertz CT molecular complexity index is 836. The van der Waals surface area contributed by atoms with Crippen LogP contribution in [0.1, 0.15) is 12.0 Å². The first-order valence-electron chi connectivity index (χ1n) is 7.99. The zero-order chi connectivity index (χ0) is 19.9. The number of rotatable bonds is 7. The van der Waals surface area contributed by atoms with Gasteiger partial charge in [0.1, 0.15) is 0 Å². The van der Waals surface area contributed by atoms with Gasteiger partial charge in [-0.3, -0.25) is 0 Å². The summed E-state index contributed by atoms with van der Waals surface area (Å²) in [5, 5.41) is 8.97. The third kappa shape index (κ3) is 5.15. The Morgan fingerprint density at radius 3 is 2.15 bits per heavy atom. The lowest BCUT2D eigenvalue weighted by Gasteiger charge is -2.33. The fourth-order valence-electron chi connectivity index (χ4n) is 2.54. The Kier molecular flexibility index (Phi) is 6.27. The van der Waals surface area contributed by atoms with Crippen LogP contribution in [0, 0.1) is 0 Å². The topological polar surface area (TPSA) is 89.9 Å². The Hall–Kier alpha value is -3.67. The first kappa shape index (κ1) is 19.7. The third-order valence-electron chi connectivity index (χ3n) is 3.68.